The number of hydrogen-bond donors (Lipinski definition) is 1. The molecule has 0 atom stereocenters. The zero-order chi connectivity index (χ0) is 14.5. The van der Waals surface area contributed by atoms with Gasteiger partial charge < -0.3 is 5.73 Å². The Bertz CT molecular complexity index is 591. The van der Waals surface area contributed by atoms with Gasteiger partial charge in [0, 0.05) is 6.54 Å². The minimum absolute atomic E-state index is 0. The number of aliphatic imine (C=N–C) groups is 1. The van der Waals surface area contributed by atoms with Gasteiger partial charge in [-0.1, -0.05) is 24.6 Å². The minimum Gasteiger partial charge on any atom is -0.383 e. The van der Waals surface area contributed by atoms with E-state index < -0.39 is 0 Å². The van der Waals surface area contributed by atoms with E-state index in [1.54, 1.807) is 11.3 Å². The fraction of sp³-hybridized carbons (Fsp3) is 0.353. The summed E-state index contributed by atoms with van der Waals surface area (Å²) in [5, 5.41) is 2.01. The molecule has 0 amide bonds. The molecule has 0 bridgehead atoms. The Morgan fingerprint density at radius 2 is 1.74 bits per heavy atom. The summed E-state index contributed by atoms with van der Waals surface area (Å²) < 4.78 is 0. The summed E-state index contributed by atoms with van der Waals surface area (Å²) in [7, 11) is 0. The number of benzene rings is 1. The second-order valence-electron chi connectivity index (χ2n) is 5.48. The standard InChI is InChI=1S/C17H21N3S.2ClH/c18-17(16-5-4-12-21-16)19-15-8-6-14(7-9-15)13-20-10-2-1-3-11-20;;/h4-9,12H,1-3,10-11,13H2,(H2,18,19);2*1H. The maximum atomic E-state index is 6.01. The number of amidine groups is 1. The molecule has 0 radical (unpaired) electrons. The molecule has 0 saturated carbocycles. The van der Waals surface area contributed by atoms with Crippen LogP contribution in [0.3, 0.4) is 0 Å². The lowest BCUT2D eigenvalue weighted by molar-refractivity contribution is 0.221. The van der Waals surface area contributed by atoms with Crippen LogP contribution in [0.15, 0.2) is 46.8 Å². The SMILES string of the molecule is Cl.Cl.NC(=Nc1ccc(CN2CCCCC2)cc1)c1cccs1. The van der Waals surface area contributed by atoms with Crippen molar-refractivity contribution in [1.82, 2.24) is 4.90 Å². The van der Waals surface area contributed by atoms with Crippen molar-refractivity contribution < 1.29 is 0 Å². The number of rotatable bonds is 4. The average molecular weight is 372 g/mol. The molecule has 1 aliphatic rings. The van der Waals surface area contributed by atoms with Gasteiger partial charge in [-0.15, -0.1) is 36.2 Å². The van der Waals surface area contributed by atoms with Gasteiger partial charge in [0.2, 0.25) is 0 Å². The molecule has 2 aromatic rings. The highest BCUT2D eigenvalue weighted by Gasteiger charge is 2.10. The Labute approximate surface area is 154 Å². The first-order valence-corrected chi connectivity index (χ1v) is 8.38. The van der Waals surface area contributed by atoms with Crippen LogP contribution in [0.2, 0.25) is 0 Å². The number of piperidine rings is 1. The predicted molar refractivity (Wildman–Crippen MR) is 105 cm³/mol. The fourth-order valence-corrected chi connectivity index (χ4v) is 3.30. The lowest BCUT2D eigenvalue weighted by atomic mass is 10.1. The van der Waals surface area contributed by atoms with Crippen LogP contribution >= 0.6 is 36.2 Å². The summed E-state index contributed by atoms with van der Waals surface area (Å²) >= 11 is 1.61. The third-order valence-corrected chi connectivity index (χ3v) is 4.71. The molecular formula is C17H23Cl2N3S. The summed E-state index contributed by atoms with van der Waals surface area (Å²) in [6, 6.07) is 12.4. The first-order chi connectivity index (χ1) is 10.3. The summed E-state index contributed by atoms with van der Waals surface area (Å²) in [6.07, 6.45) is 4.05. The Morgan fingerprint density at radius 1 is 1.04 bits per heavy atom. The van der Waals surface area contributed by atoms with Crippen molar-refractivity contribution >= 4 is 47.7 Å². The van der Waals surface area contributed by atoms with Crippen LogP contribution in [0.5, 0.6) is 0 Å². The highest BCUT2D eigenvalue weighted by atomic mass is 35.5. The molecule has 0 unspecified atom stereocenters. The van der Waals surface area contributed by atoms with E-state index in [1.165, 1.54) is 37.9 Å². The van der Waals surface area contributed by atoms with Crippen molar-refractivity contribution in [2.24, 2.45) is 10.7 Å². The fourth-order valence-electron chi connectivity index (χ4n) is 2.67. The molecular weight excluding hydrogens is 349 g/mol. The van der Waals surface area contributed by atoms with E-state index >= 15 is 0 Å². The van der Waals surface area contributed by atoms with Crippen LogP contribution in [0.4, 0.5) is 5.69 Å². The molecule has 0 aliphatic carbocycles. The summed E-state index contributed by atoms with van der Waals surface area (Å²) in [6.45, 7) is 3.50. The molecule has 126 valence electrons. The number of likely N-dealkylation sites (tertiary alicyclic amines) is 1. The Kier molecular flexibility index (Phi) is 8.63. The highest BCUT2D eigenvalue weighted by molar-refractivity contribution is 7.12. The van der Waals surface area contributed by atoms with Crippen molar-refractivity contribution in [2.75, 3.05) is 13.1 Å². The van der Waals surface area contributed by atoms with E-state index in [2.05, 4.69) is 34.2 Å². The Balaban J connectivity index is 0.00000132. The minimum atomic E-state index is 0. The second-order valence-corrected chi connectivity index (χ2v) is 6.43. The molecule has 1 fully saturated rings. The van der Waals surface area contributed by atoms with Crippen molar-refractivity contribution in [3.05, 3.63) is 52.2 Å². The van der Waals surface area contributed by atoms with Gasteiger partial charge in [0.05, 0.1) is 10.6 Å². The lowest BCUT2D eigenvalue weighted by Crippen LogP contribution is -2.28. The van der Waals surface area contributed by atoms with E-state index in [-0.39, 0.29) is 24.8 Å². The molecule has 2 N–H and O–H groups in total. The van der Waals surface area contributed by atoms with E-state index in [4.69, 9.17) is 5.73 Å². The molecule has 3 nitrogen and oxygen atoms in total. The number of thiophene rings is 1. The number of nitrogens with two attached hydrogens (primary N) is 1. The van der Waals surface area contributed by atoms with Crippen LogP contribution in [0.1, 0.15) is 29.7 Å². The Hall–Kier alpha value is -1.07. The topological polar surface area (TPSA) is 41.6 Å². The quantitative estimate of drug-likeness (QED) is 0.629. The van der Waals surface area contributed by atoms with Crippen LogP contribution in [0, 0.1) is 0 Å². The normalized spacial score (nSPS) is 15.6. The molecule has 1 aromatic heterocycles. The first-order valence-electron chi connectivity index (χ1n) is 7.50. The zero-order valence-electron chi connectivity index (χ0n) is 13.0. The summed E-state index contributed by atoms with van der Waals surface area (Å²) in [5.74, 6) is 0.591. The zero-order valence-corrected chi connectivity index (χ0v) is 15.4. The van der Waals surface area contributed by atoms with Crippen LogP contribution in [-0.4, -0.2) is 23.8 Å². The van der Waals surface area contributed by atoms with E-state index in [0.717, 1.165) is 17.1 Å². The lowest BCUT2D eigenvalue weighted by Gasteiger charge is -2.26. The van der Waals surface area contributed by atoms with Crippen molar-refractivity contribution in [3.63, 3.8) is 0 Å². The van der Waals surface area contributed by atoms with Gasteiger partial charge in [0.25, 0.3) is 0 Å². The van der Waals surface area contributed by atoms with Gasteiger partial charge in [-0.05, 0) is 55.1 Å². The molecule has 1 saturated heterocycles. The molecule has 3 rings (SSSR count). The third-order valence-electron chi connectivity index (χ3n) is 3.81. The summed E-state index contributed by atoms with van der Waals surface area (Å²) in [5.41, 5.74) is 8.28. The van der Waals surface area contributed by atoms with E-state index in [0.29, 0.717) is 5.84 Å². The molecule has 1 aliphatic heterocycles. The highest BCUT2D eigenvalue weighted by Crippen LogP contribution is 2.18. The van der Waals surface area contributed by atoms with Crippen LogP contribution in [-0.2, 0) is 6.54 Å². The van der Waals surface area contributed by atoms with Gasteiger partial charge >= 0.3 is 0 Å². The molecule has 0 spiro atoms. The molecule has 2 heterocycles. The Morgan fingerprint density at radius 3 is 2.35 bits per heavy atom. The van der Waals surface area contributed by atoms with E-state index in [9.17, 15) is 0 Å². The third kappa shape index (κ3) is 5.81. The summed E-state index contributed by atoms with van der Waals surface area (Å²) in [4.78, 5) is 8.03. The van der Waals surface area contributed by atoms with Crippen LogP contribution in [0.25, 0.3) is 0 Å². The van der Waals surface area contributed by atoms with Gasteiger partial charge in [0.1, 0.15) is 5.84 Å². The van der Waals surface area contributed by atoms with Crippen LogP contribution < -0.4 is 5.73 Å². The smallest absolute Gasteiger partial charge is 0.141 e. The van der Waals surface area contributed by atoms with Gasteiger partial charge in [-0.2, -0.15) is 0 Å². The van der Waals surface area contributed by atoms with Crippen molar-refractivity contribution in [3.8, 4) is 0 Å². The largest absolute Gasteiger partial charge is 0.383 e. The number of hydrogen-bond acceptors (Lipinski definition) is 3. The number of halogens is 2. The average Bonchev–Trinajstić information content (AvgIpc) is 3.05. The number of nitrogens with zero attached hydrogens (tertiary/aromatic N) is 2. The maximum Gasteiger partial charge on any atom is 0.141 e. The molecule has 23 heavy (non-hydrogen) atoms. The van der Waals surface area contributed by atoms with Crippen molar-refractivity contribution in [1.29, 1.82) is 0 Å². The second kappa shape index (κ2) is 9.93. The first kappa shape index (κ1) is 20.0. The van der Waals surface area contributed by atoms with Crippen molar-refractivity contribution in [2.45, 2.75) is 25.8 Å². The van der Waals surface area contributed by atoms with Gasteiger partial charge in [-0.25, -0.2) is 4.99 Å². The predicted octanol–water partition coefficient (Wildman–Crippen LogP) is 4.61. The molecule has 6 heteroatoms. The van der Waals surface area contributed by atoms with Gasteiger partial charge in [-0.3, -0.25) is 4.90 Å². The van der Waals surface area contributed by atoms with Gasteiger partial charge in [0.15, 0.2) is 0 Å². The monoisotopic (exact) mass is 371 g/mol. The molecule has 1 aromatic carbocycles. The van der Waals surface area contributed by atoms with E-state index in [1.807, 2.05) is 17.5 Å². The maximum absolute atomic E-state index is 6.01.